The molecule has 1 N–H and O–H groups in total. The number of carbonyl (C=O) groups is 1. The Morgan fingerprint density at radius 2 is 1.63 bits per heavy atom. The summed E-state index contributed by atoms with van der Waals surface area (Å²) in [6, 6.07) is 20.4. The van der Waals surface area contributed by atoms with Crippen molar-refractivity contribution in [2.45, 2.75) is 11.4 Å². The predicted molar refractivity (Wildman–Crippen MR) is 104 cm³/mol. The first-order valence-corrected chi connectivity index (χ1v) is 9.78. The Balaban J connectivity index is 1.71. The third-order valence-corrected chi connectivity index (χ3v) is 5.45. The topological polar surface area (TPSA) is 79.4 Å². The van der Waals surface area contributed by atoms with Gasteiger partial charge in [-0.1, -0.05) is 24.3 Å². The molecule has 6 nitrogen and oxygen atoms in total. The lowest BCUT2D eigenvalue weighted by molar-refractivity contribution is 0.0993. The van der Waals surface area contributed by atoms with E-state index in [1.807, 2.05) is 30.3 Å². The van der Waals surface area contributed by atoms with Crippen molar-refractivity contribution < 1.29 is 13.2 Å². The molecule has 1 aromatic heterocycles. The summed E-state index contributed by atoms with van der Waals surface area (Å²) in [6.45, 7) is 0.0978. The van der Waals surface area contributed by atoms with E-state index in [0.717, 1.165) is 5.69 Å². The van der Waals surface area contributed by atoms with Crippen molar-refractivity contribution in [2.24, 2.45) is 0 Å². The maximum atomic E-state index is 12.6. The number of amides is 1. The fourth-order valence-corrected chi connectivity index (χ4v) is 3.49. The van der Waals surface area contributed by atoms with Gasteiger partial charge in [0.15, 0.2) is 0 Å². The van der Waals surface area contributed by atoms with Crippen molar-refractivity contribution in [1.82, 2.24) is 9.71 Å². The molecule has 0 aliphatic carbocycles. The second-order valence-electron chi connectivity index (χ2n) is 5.87. The van der Waals surface area contributed by atoms with Gasteiger partial charge in [0.25, 0.3) is 5.91 Å². The number of anilines is 1. The molecule has 0 saturated heterocycles. The van der Waals surface area contributed by atoms with E-state index < -0.39 is 10.0 Å². The van der Waals surface area contributed by atoms with E-state index in [1.54, 1.807) is 31.4 Å². The Kier molecular flexibility index (Phi) is 5.63. The monoisotopic (exact) mass is 381 g/mol. The van der Waals surface area contributed by atoms with Gasteiger partial charge in [0.05, 0.1) is 17.1 Å². The van der Waals surface area contributed by atoms with Crippen LogP contribution in [0.3, 0.4) is 0 Å². The van der Waals surface area contributed by atoms with Crippen LogP contribution in [0, 0.1) is 0 Å². The molecular weight excluding hydrogens is 362 g/mol. The number of sulfonamides is 1. The number of rotatable bonds is 6. The summed E-state index contributed by atoms with van der Waals surface area (Å²) in [5.74, 6) is -0.216. The van der Waals surface area contributed by atoms with Crippen LogP contribution in [0.1, 0.15) is 16.1 Å². The summed E-state index contributed by atoms with van der Waals surface area (Å²) < 4.78 is 27.3. The van der Waals surface area contributed by atoms with Gasteiger partial charge < -0.3 is 4.90 Å². The van der Waals surface area contributed by atoms with Gasteiger partial charge >= 0.3 is 0 Å². The van der Waals surface area contributed by atoms with Crippen molar-refractivity contribution in [3.63, 3.8) is 0 Å². The van der Waals surface area contributed by atoms with E-state index in [4.69, 9.17) is 0 Å². The summed E-state index contributed by atoms with van der Waals surface area (Å²) in [5.41, 5.74) is 1.79. The van der Waals surface area contributed by atoms with Crippen LogP contribution in [0.4, 0.5) is 5.69 Å². The van der Waals surface area contributed by atoms with Crippen molar-refractivity contribution >= 4 is 21.6 Å². The van der Waals surface area contributed by atoms with Crippen molar-refractivity contribution in [2.75, 3.05) is 11.9 Å². The summed E-state index contributed by atoms with van der Waals surface area (Å²) in [5, 5.41) is 0. The smallest absolute Gasteiger partial charge is 0.258 e. The number of hydrogen-bond donors (Lipinski definition) is 1. The molecule has 27 heavy (non-hydrogen) atoms. The fourth-order valence-electron chi connectivity index (χ4n) is 2.49. The third-order valence-electron chi connectivity index (χ3n) is 4.03. The maximum Gasteiger partial charge on any atom is 0.258 e. The molecule has 3 aromatic rings. The van der Waals surface area contributed by atoms with Gasteiger partial charge in [-0.15, -0.1) is 0 Å². The van der Waals surface area contributed by atoms with Crippen LogP contribution in [0.2, 0.25) is 0 Å². The van der Waals surface area contributed by atoms with Gasteiger partial charge in [-0.05, 0) is 48.5 Å². The minimum Gasteiger partial charge on any atom is -0.311 e. The second-order valence-corrected chi connectivity index (χ2v) is 7.64. The highest BCUT2D eigenvalue weighted by Gasteiger charge is 2.17. The molecule has 1 heterocycles. The van der Waals surface area contributed by atoms with Gasteiger partial charge in [-0.2, -0.15) is 0 Å². The van der Waals surface area contributed by atoms with Crippen LogP contribution >= 0.6 is 0 Å². The Hall–Kier alpha value is -3.03. The molecule has 0 spiro atoms. The number of para-hydroxylation sites is 1. The van der Waals surface area contributed by atoms with Crippen LogP contribution < -0.4 is 9.62 Å². The predicted octanol–water partition coefficient (Wildman–Crippen LogP) is 2.84. The Morgan fingerprint density at radius 3 is 2.26 bits per heavy atom. The molecule has 0 aliphatic heterocycles. The zero-order valence-corrected chi connectivity index (χ0v) is 15.6. The molecule has 7 heteroatoms. The second kappa shape index (κ2) is 8.11. The van der Waals surface area contributed by atoms with E-state index in [-0.39, 0.29) is 17.3 Å². The highest BCUT2D eigenvalue weighted by Crippen LogP contribution is 2.17. The Morgan fingerprint density at radius 1 is 0.963 bits per heavy atom. The minimum absolute atomic E-state index is 0.0948. The highest BCUT2D eigenvalue weighted by molar-refractivity contribution is 7.89. The molecule has 0 fully saturated rings. The maximum absolute atomic E-state index is 12.6. The number of benzene rings is 2. The molecular formula is C20H19N3O3S. The lowest BCUT2D eigenvalue weighted by Gasteiger charge is -2.17. The molecule has 138 valence electrons. The van der Waals surface area contributed by atoms with Crippen molar-refractivity contribution in [3.05, 3.63) is 90.3 Å². The van der Waals surface area contributed by atoms with E-state index >= 15 is 0 Å². The lowest BCUT2D eigenvalue weighted by atomic mass is 10.2. The highest BCUT2D eigenvalue weighted by atomic mass is 32.2. The summed E-state index contributed by atoms with van der Waals surface area (Å²) in [6.07, 6.45) is 1.60. The van der Waals surface area contributed by atoms with Gasteiger partial charge in [0.1, 0.15) is 0 Å². The quantitative estimate of drug-likeness (QED) is 0.712. The van der Waals surface area contributed by atoms with Crippen LogP contribution in [-0.2, 0) is 16.6 Å². The molecule has 1 amide bonds. The van der Waals surface area contributed by atoms with Gasteiger partial charge in [0, 0.05) is 24.5 Å². The molecule has 2 aromatic carbocycles. The first-order valence-electron chi connectivity index (χ1n) is 8.30. The third kappa shape index (κ3) is 4.58. The standard InChI is InChI=1S/C20H19N3O3S/c1-23(18-8-3-2-4-9-18)20(24)16-10-12-19(13-11-16)27(25,26)22-15-17-7-5-6-14-21-17/h2-14,22H,15H2,1H3. The van der Waals surface area contributed by atoms with E-state index in [0.29, 0.717) is 11.3 Å². The molecule has 0 bridgehead atoms. The van der Waals surface area contributed by atoms with Crippen molar-refractivity contribution in [3.8, 4) is 0 Å². The number of nitrogens with zero attached hydrogens (tertiary/aromatic N) is 2. The van der Waals surface area contributed by atoms with Crippen LogP contribution in [0.5, 0.6) is 0 Å². The summed E-state index contributed by atoms with van der Waals surface area (Å²) >= 11 is 0. The van der Waals surface area contributed by atoms with E-state index in [1.165, 1.54) is 29.2 Å². The molecule has 0 unspecified atom stereocenters. The lowest BCUT2D eigenvalue weighted by Crippen LogP contribution is -2.26. The summed E-state index contributed by atoms with van der Waals surface area (Å²) in [7, 11) is -2.01. The van der Waals surface area contributed by atoms with Crippen molar-refractivity contribution in [1.29, 1.82) is 0 Å². The largest absolute Gasteiger partial charge is 0.311 e. The zero-order valence-electron chi connectivity index (χ0n) is 14.7. The van der Waals surface area contributed by atoms with Crippen LogP contribution in [0.25, 0.3) is 0 Å². The zero-order chi connectivity index (χ0) is 19.3. The summed E-state index contributed by atoms with van der Waals surface area (Å²) in [4.78, 5) is 18.3. The molecule has 3 rings (SSSR count). The Bertz CT molecular complexity index is 1010. The average Bonchev–Trinajstić information content (AvgIpc) is 2.73. The van der Waals surface area contributed by atoms with Crippen LogP contribution in [0.15, 0.2) is 83.9 Å². The SMILES string of the molecule is CN(C(=O)c1ccc(S(=O)(=O)NCc2ccccn2)cc1)c1ccccc1. The van der Waals surface area contributed by atoms with Gasteiger partial charge in [0.2, 0.25) is 10.0 Å². The molecule has 0 radical (unpaired) electrons. The number of pyridine rings is 1. The molecule has 0 aliphatic rings. The number of hydrogen-bond acceptors (Lipinski definition) is 4. The average molecular weight is 381 g/mol. The minimum atomic E-state index is -3.69. The number of aromatic nitrogens is 1. The van der Waals surface area contributed by atoms with E-state index in [2.05, 4.69) is 9.71 Å². The van der Waals surface area contributed by atoms with Crippen LogP contribution in [-0.4, -0.2) is 26.4 Å². The van der Waals surface area contributed by atoms with Gasteiger partial charge in [-0.3, -0.25) is 9.78 Å². The number of nitrogens with one attached hydrogen (secondary N) is 1. The first kappa shape index (κ1) is 18.8. The first-order chi connectivity index (χ1) is 13.0. The van der Waals surface area contributed by atoms with E-state index in [9.17, 15) is 13.2 Å². The Labute approximate surface area is 158 Å². The normalized spacial score (nSPS) is 11.1. The molecule has 0 saturated carbocycles. The van der Waals surface area contributed by atoms with Gasteiger partial charge in [-0.25, -0.2) is 13.1 Å². The fraction of sp³-hybridized carbons (Fsp3) is 0.100. The number of carbonyl (C=O) groups excluding carboxylic acids is 1. The molecule has 0 atom stereocenters.